The van der Waals surface area contributed by atoms with Crippen LogP contribution in [0, 0.1) is 0 Å². The highest BCUT2D eigenvalue weighted by atomic mass is 14.9. The maximum Gasteiger partial charge on any atom is 0.0400 e. The molecule has 0 bridgehead atoms. The molecule has 7 aromatic carbocycles. The SMILES string of the molecule is c1ccc(-c2cc(CNCc3ccc(CNc4cc(-c5ccccc5)cc(-c5ccccc5)c4)cc3)cc(-c3ccccc3)c2)cc1. The quantitative estimate of drug-likeness (QED) is 0.153. The van der Waals surface area contributed by atoms with Crippen molar-refractivity contribution in [2.24, 2.45) is 0 Å². The first-order valence-corrected chi connectivity index (χ1v) is 16.3. The van der Waals surface area contributed by atoms with E-state index in [9.17, 15) is 0 Å². The lowest BCUT2D eigenvalue weighted by Gasteiger charge is -2.13. The van der Waals surface area contributed by atoms with Gasteiger partial charge in [-0.1, -0.05) is 146 Å². The van der Waals surface area contributed by atoms with Gasteiger partial charge in [0.2, 0.25) is 0 Å². The van der Waals surface area contributed by atoms with Crippen molar-refractivity contribution in [1.29, 1.82) is 0 Å². The molecule has 0 aliphatic rings. The summed E-state index contributed by atoms with van der Waals surface area (Å²) in [7, 11) is 0. The molecule has 0 aliphatic heterocycles. The molecule has 2 nitrogen and oxygen atoms in total. The number of hydrogen-bond donors (Lipinski definition) is 2. The average molecular weight is 607 g/mol. The molecular weight excluding hydrogens is 569 g/mol. The van der Waals surface area contributed by atoms with Crippen LogP contribution in [0.2, 0.25) is 0 Å². The Labute approximate surface area is 278 Å². The summed E-state index contributed by atoms with van der Waals surface area (Å²) in [6.07, 6.45) is 0. The van der Waals surface area contributed by atoms with Crippen molar-refractivity contribution in [3.8, 4) is 44.5 Å². The summed E-state index contributed by atoms with van der Waals surface area (Å²) in [6, 6.07) is 65.0. The van der Waals surface area contributed by atoms with Gasteiger partial charge in [0.05, 0.1) is 0 Å². The lowest BCUT2D eigenvalue weighted by molar-refractivity contribution is 0.693. The van der Waals surface area contributed by atoms with E-state index >= 15 is 0 Å². The second-order valence-electron chi connectivity index (χ2n) is 12.0. The van der Waals surface area contributed by atoms with Gasteiger partial charge in [-0.05, 0) is 97.6 Å². The fraction of sp³-hybridized carbons (Fsp3) is 0.0667. The van der Waals surface area contributed by atoms with Gasteiger partial charge in [0.1, 0.15) is 0 Å². The first-order chi connectivity index (χ1) is 23.3. The topological polar surface area (TPSA) is 24.1 Å². The molecule has 0 aliphatic carbocycles. The average Bonchev–Trinajstić information content (AvgIpc) is 3.16. The van der Waals surface area contributed by atoms with Gasteiger partial charge in [0.15, 0.2) is 0 Å². The molecule has 0 radical (unpaired) electrons. The molecule has 0 fully saturated rings. The van der Waals surface area contributed by atoms with E-state index in [4.69, 9.17) is 0 Å². The zero-order valence-electron chi connectivity index (χ0n) is 26.4. The Morgan fingerprint density at radius 2 is 0.617 bits per heavy atom. The van der Waals surface area contributed by atoms with E-state index < -0.39 is 0 Å². The summed E-state index contributed by atoms with van der Waals surface area (Å²) in [5.41, 5.74) is 14.7. The first kappa shape index (κ1) is 30.0. The first-order valence-electron chi connectivity index (χ1n) is 16.3. The fourth-order valence-electron chi connectivity index (χ4n) is 6.04. The van der Waals surface area contributed by atoms with Crippen LogP contribution < -0.4 is 10.6 Å². The van der Waals surface area contributed by atoms with Crippen LogP contribution in [0.1, 0.15) is 16.7 Å². The largest absolute Gasteiger partial charge is 0.381 e. The molecule has 2 heteroatoms. The molecular formula is C45H38N2. The minimum absolute atomic E-state index is 0.759. The minimum atomic E-state index is 0.759. The van der Waals surface area contributed by atoms with E-state index in [0.717, 1.165) is 25.3 Å². The molecule has 0 saturated carbocycles. The summed E-state index contributed by atoms with van der Waals surface area (Å²) >= 11 is 0. The molecule has 228 valence electrons. The summed E-state index contributed by atoms with van der Waals surface area (Å²) in [5.74, 6) is 0. The van der Waals surface area contributed by atoms with Crippen LogP contribution >= 0.6 is 0 Å². The highest BCUT2D eigenvalue weighted by Gasteiger charge is 2.08. The molecule has 0 saturated heterocycles. The van der Waals surface area contributed by atoms with Crippen LogP contribution in [0.25, 0.3) is 44.5 Å². The van der Waals surface area contributed by atoms with Gasteiger partial charge in [-0.3, -0.25) is 0 Å². The van der Waals surface area contributed by atoms with Crippen molar-refractivity contribution in [3.05, 3.63) is 199 Å². The van der Waals surface area contributed by atoms with Crippen LogP contribution in [0.3, 0.4) is 0 Å². The van der Waals surface area contributed by atoms with Gasteiger partial charge in [-0.15, -0.1) is 0 Å². The third kappa shape index (κ3) is 7.76. The number of hydrogen-bond acceptors (Lipinski definition) is 2. The molecule has 2 N–H and O–H groups in total. The molecule has 0 unspecified atom stereocenters. The summed E-state index contributed by atoms with van der Waals surface area (Å²) in [6.45, 7) is 2.36. The van der Waals surface area contributed by atoms with E-state index in [2.05, 4.69) is 193 Å². The smallest absolute Gasteiger partial charge is 0.0400 e. The number of rotatable bonds is 11. The third-order valence-electron chi connectivity index (χ3n) is 8.53. The van der Waals surface area contributed by atoms with Crippen LogP contribution in [0.15, 0.2) is 182 Å². The second kappa shape index (κ2) is 14.6. The number of anilines is 1. The minimum Gasteiger partial charge on any atom is -0.381 e. The van der Waals surface area contributed by atoms with E-state index in [1.165, 1.54) is 61.2 Å². The van der Waals surface area contributed by atoms with Gasteiger partial charge < -0.3 is 10.6 Å². The lowest BCUT2D eigenvalue weighted by Crippen LogP contribution is -2.13. The monoisotopic (exact) mass is 606 g/mol. The molecule has 7 rings (SSSR count). The Hall–Kier alpha value is -5.70. The van der Waals surface area contributed by atoms with Crippen LogP contribution in [0.4, 0.5) is 5.69 Å². The summed E-state index contributed by atoms with van der Waals surface area (Å²) < 4.78 is 0. The Kier molecular flexibility index (Phi) is 9.31. The molecule has 0 heterocycles. The van der Waals surface area contributed by atoms with Gasteiger partial charge in [-0.25, -0.2) is 0 Å². The van der Waals surface area contributed by atoms with Crippen molar-refractivity contribution < 1.29 is 0 Å². The maximum absolute atomic E-state index is 3.69. The highest BCUT2D eigenvalue weighted by Crippen LogP contribution is 2.31. The Morgan fingerprint density at radius 3 is 1.02 bits per heavy atom. The molecule has 7 aromatic rings. The van der Waals surface area contributed by atoms with Gasteiger partial charge in [0.25, 0.3) is 0 Å². The Morgan fingerprint density at radius 1 is 0.277 bits per heavy atom. The van der Waals surface area contributed by atoms with Crippen molar-refractivity contribution in [3.63, 3.8) is 0 Å². The van der Waals surface area contributed by atoms with E-state index in [1.807, 2.05) is 0 Å². The fourth-order valence-corrected chi connectivity index (χ4v) is 6.04. The third-order valence-corrected chi connectivity index (χ3v) is 8.53. The van der Waals surface area contributed by atoms with Gasteiger partial charge in [0, 0.05) is 25.3 Å². The Bertz CT molecular complexity index is 1900. The van der Waals surface area contributed by atoms with E-state index in [-0.39, 0.29) is 0 Å². The van der Waals surface area contributed by atoms with Crippen LogP contribution in [0.5, 0.6) is 0 Å². The van der Waals surface area contributed by atoms with Crippen LogP contribution in [-0.4, -0.2) is 0 Å². The predicted octanol–water partition coefficient (Wildman–Crippen LogP) is 11.3. The van der Waals surface area contributed by atoms with Crippen LogP contribution in [-0.2, 0) is 19.6 Å². The maximum atomic E-state index is 3.69. The number of nitrogens with one attached hydrogen (secondary N) is 2. The van der Waals surface area contributed by atoms with E-state index in [1.54, 1.807) is 0 Å². The molecule has 0 amide bonds. The molecule has 0 aromatic heterocycles. The van der Waals surface area contributed by atoms with Crippen molar-refractivity contribution in [2.45, 2.75) is 19.6 Å². The summed E-state index contributed by atoms with van der Waals surface area (Å²) in [4.78, 5) is 0. The predicted molar refractivity (Wildman–Crippen MR) is 199 cm³/mol. The molecule has 0 spiro atoms. The Balaban J connectivity index is 1.01. The molecule has 0 atom stereocenters. The zero-order valence-corrected chi connectivity index (χ0v) is 26.4. The standard InChI is InChI=1S/C45H38N2/c1-5-13-37(14-6-1)41-25-36(26-42(27-41)38-15-7-2-8-16-38)32-46-31-34-21-23-35(24-22-34)33-47-45-29-43(39-17-9-3-10-18-39)28-44(30-45)40-19-11-4-12-20-40/h1-30,46-47H,31-33H2. The van der Waals surface area contributed by atoms with E-state index in [0.29, 0.717) is 0 Å². The zero-order chi connectivity index (χ0) is 31.7. The highest BCUT2D eigenvalue weighted by molar-refractivity contribution is 5.78. The number of benzene rings is 7. The summed E-state index contributed by atoms with van der Waals surface area (Å²) in [5, 5.41) is 7.37. The van der Waals surface area contributed by atoms with Gasteiger partial charge >= 0.3 is 0 Å². The van der Waals surface area contributed by atoms with Crippen molar-refractivity contribution in [2.75, 3.05) is 5.32 Å². The second-order valence-corrected chi connectivity index (χ2v) is 12.0. The lowest BCUT2D eigenvalue weighted by atomic mass is 9.96. The van der Waals surface area contributed by atoms with Crippen molar-refractivity contribution in [1.82, 2.24) is 5.32 Å². The van der Waals surface area contributed by atoms with Crippen molar-refractivity contribution >= 4 is 5.69 Å². The van der Waals surface area contributed by atoms with Gasteiger partial charge in [-0.2, -0.15) is 0 Å². The normalized spacial score (nSPS) is 10.9. The molecule has 47 heavy (non-hydrogen) atoms.